The average Bonchev–Trinajstić information content (AvgIpc) is 3.05. The molecule has 0 spiro atoms. The molecule has 2 bridgehead atoms. The minimum atomic E-state index is -0.304. The Balaban J connectivity index is 1.57. The summed E-state index contributed by atoms with van der Waals surface area (Å²) in [7, 11) is 0. The maximum atomic E-state index is 12.6. The van der Waals surface area contributed by atoms with Gasteiger partial charge in [-0.2, -0.15) is 0 Å². The van der Waals surface area contributed by atoms with E-state index in [9.17, 15) is 9.59 Å². The quantitative estimate of drug-likeness (QED) is 0.643. The summed E-state index contributed by atoms with van der Waals surface area (Å²) in [6, 6.07) is 6.97. The third kappa shape index (κ3) is 1.94. The molecule has 21 heavy (non-hydrogen) atoms. The smallest absolute Gasteiger partial charge is 0.310 e. The molecule has 1 saturated heterocycles. The van der Waals surface area contributed by atoms with Crippen LogP contribution in [-0.4, -0.2) is 22.8 Å². The topological polar surface area (TPSA) is 55.4 Å². The van der Waals surface area contributed by atoms with E-state index < -0.39 is 0 Å². The van der Waals surface area contributed by atoms with Gasteiger partial charge in [0.05, 0.1) is 16.7 Å². The fourth-order valence-corrected chi connectivity index (χ4v) is 5.26. The Labute approximate surface area is 135 Å². The van der Waals surface area contributed by atoms with Crippen LogP contribution in [0.2, 0.25) is 5.02 Å². The second-order valence-corrected chi connectivity index (χ2v) is 7.45. The highest BCUT2D eigenvalue weighted by atomic mass is 79.9. The number of esters is 1. The van der Waals surface area contributed by atoms with Crippen molar-refractivity contribution in [3.05, 3.63) is 29.3 Å². The maximum Gasteiger partial charge on any atom is 0.310 e. The normalized spacial score (nSPS) is 39.4. The number of benzene rings is 1. The summed E-state index contributed by atoms with van der Waals surface area (Å²) in [5.41, 5.74) is 0.696. The third-order valence-corrected chi connectivity index (χ3v) is 6.39. The van der Waals surface area contributed by atoms with E-state index in [2.05, 4.69) is 21.2 Å². The van der Waals surface area contributed by atoms with E-state index in [1.165, 1.54) is 0 Å². The van der Waals surface area contributed by atoms with Crippen LogP contribution in [0.15, 0.2) is 24.3 Å². The van der Waals surface area contributed by atoms with Crippen molar-refractivity contribution >= 4 is 45.1 Å². The van der Waals surface area contributed by atoms with Crippen molar-refractivity contribution < 1.29 is 14.3 Å². The van der Waals surface area contributed by atoms with E-state index in [1.54, 1.807) is 24.3 Å². The van der Waals surface area contributed by atoms with E-state index in [0.717, 1.165) is 6.42 Å². The van der Waals surface area contributed by atoms with Crippen LogP contribution in [0.1, 0.15) is 6.42 Å². The predicted octanol–water partition coefficient (Wildman–Crippen LogP) is 2.85. The van der Waals surface area contributed by atoms with Crippen LogP contribution in [0, 0.1) is 23.7 Å². The van der Waals surface area contributed by atoms with Crippen molar-refractivity contribution in [3.63, 3.8) is 0 Å². The van der Waals surface area contributed by atoms with Gasteiger partial charge in [0.2, 0.25) is 5.91 Å². The number of fused-ring (bicyclic) bond motifs is 1. The molecule has 1 aromatic carbocycles. The van der Waals surface area contributed by atoms with Crippen LogP contribution >= 0.6 is 27.5 Å². The standard InChI is InChI=1S/C15H13BrClNO3/c16-12-8-5-9-11(15(20)21-13(9)12)10(8)14(19)18-7-3-1-6(17)2-4-7/h1-4,8-13H,5H2,(H,18,19)/t8-,9-,10-,11+,12+,13+/m1/s1. The molecule has 3 aliphatic rings. The summed E-state index contributed by atoms with van der Waals surface area (Å²) in [6.07, 6.45) is 0.836. The third-order valence-electron chi connectivity index (χ3n) is 4.94. The molecule has 1 N–H and O–H groups in total. The molecule has 0 unspecified atom stereocenters. The van der Waals surface area contributed by atoms with Gasteiger partial charge in [-0.3, -0.25) is 9.59 Å². The second kappa shape index (κ2) is 4.71. The first-order valence-electron chi connectivity index (χ1n) is 6.97. The number of alkyl halides is 1. The van der Waals surface area contributed by atoms with Gasteiger partial charge in [-0.15, -0.1) is 0 Å². The minimum absolute atomic E-state index is 0.0490. The van der Waals surface area contributed by atoms with Gasteiger partial charge >= 0.3 is 5.97 Å². The van der Waals surface area contributed by atoms with Crippen molar-refractivity contribution in [2.75, 3.05) is 5.32 Å². The Morgan fingerprint density at radius 2 is 2.00 bits per heavy atom. The highest BCUT2D eigenvalue weighted by Gasteiger charge is 2.67. The van der Waals surface area contributed by atoms with E-state index in [-0.39, 0.29) is 46.5 Å². The number of halogens is 2. The number of carbonyl (C=O) groups excluding carboxylic acids is 2. The van der Waals surface area contributed by atoms with Crippen LogP contribution in [0.4, 0.5) is 5.69 Å². The monoisotopic (exact) mass is 369 g/mol. The lowest BCUT2D eigenvalue weighted by Gasteiger charge is -2.27. The molecule has 1 amide bonds. The Morgan fingerprint density at radius 1 is 1.29 bits per heavy atom. The number of rotatable bonds is 2. The molecule has 6 heteroatoms. The molecule has 1 aromatic rings. The summed E-state index contributed by atoms with van der Waals surface area (Å²) in [4.78, 5) is 24.7. The fourth-order valence-electron chi connectivity index (χ4n) is 4.09. The molecule has 3 fully saturated rings. The van der Waals surface area contributed by atoms with Gasteiger partial charge in [-0.25, -0.2) is 0 Å². The number of ether oxygens (including phenoxy) is 1. The maximum absolute atomic E-state index is 12.6. The van der Waals surface area contributed by atoms with Gasteiger partial charge in [0, 0.05) is 16.6 Å². The van der Waals surface area contributed by atoms with Crippen molar-refractivity contribution in [3.8, 4) is 0 Å². The van der Waals surface area contributed by atoms with Crippen molar-refractivity contribution in [2.45, 2.75) is 17.4 Å². The van der Waals surface area contributed by atoms with E-state index in [4.69, 9.17) is 16.3 Å². The van der Waals surface area contributed by atoms with Gasteiger partial charge in [0.1, 0.15) is 6.10 Å². The molecule has 2 aliphatic carbocycles. The number of hydrogen-bond donors (Lipinski definition) is 1. The van der Waals surface area contributed by atoms with E-state index in [0.29, 0.717) is 10.7 Å². The van der Waals surface area contributed by atoms with Crippen LogP contribution in [0.5, 0.6) is 0 Å². The molecule has 110 valence electrons. The first kappa shape index (κ1) is 13.6. The molecule has 1 aliphatic heterocycles. The first-order chi connectivity index (χ1) is 10.1. The Morgan fingerprint density at radius 3 is 2.71 bits per heavy atom. The highest BCUT2D eigenvalue weighted by molar-refractivity contribution is 9.09. The summed E-state index contributed by atoms with van der Waals surface area (Å²) in [6.45, 7) is 0. The molecular formula is C15H13BrClNO3. The molecule has 0 radical (unpaired) electrons. The van der Waals surface area contributed by atoms with Crippen LogP contribution in [0.25, 0.3) is 0 Å². The van der Waals surface area contributed by atoms with Gasteiger partial charge in [-0.05, 0) is 36.6 Å². The SMILES string of the molecule is O=C(Nc1ccc(Cl)cc1)[C@@H]1[C@H]2C[C@H]3[C@H](OC(=O)[C@@H]31)[C@H]2Br. The Hall–Kier alpha value is -1.07. The average molecular weight is 371 g/mol. The zero-order valence-electron chi connectivity index (χ0n) is 11.0. The first-order valence-corrected chi connectivity index (χ1v) is 8.26. The zero-order valence-corrected chi connectivity index (χ0v) is 13.3. The number of anilines is 1. The van der Waals surface area contributed by atoms with Gasteiger partial charge in [0.15, 0.2) is 0 Å². The van der Waals surface area contributed by atoms with E-state index in [1.807, 2.05) is 0 Å². The van der Waals surface area contributed by atoms with Crippen LogP contribution < -0.4 is 5.32 Å². The zero-order chi connectivity index (χ0) is 14.7. The van der Waals surface area contributed by atoms with E-state index >= 15 is 0 Å². The highest BCUT2D eigenvalue weighted by Crippen LogP contribution is 2.60. The summed E-state index contributed by atoms with van der Waals surface area (Å²) >= 11 is 9.44. The van der Waals surface area contributed by atoms with Crippen molar-refractivity contribution in [2.24, 2.45) is 23.7 Å². The summed E-state index contributed by atoms with van der Waals surface area (Å²) < 4.78 is 5.41. The number of nitrogens with one attached hydrogen (secondary N) is 1. The summed E-state index contributed by atoms with van der Waals surface area (Å²) in [5.74, 6) is -0.540. The fraction of sp³-hybridized carbons (Fsp3) is 0.467. The Kier molecular flexibility index (Phi) is 3.05. The predicted molar refractivity (Wildman–Crippen MR) is 81.3 cm³/mol. The lowest BCUT2D eigenvalue weighted by molar-refractivity contribution is -0.145. The van der Waals surface area contributed by atoms with Gasteiger partial charge < -0.3 is 10.1 Å². The largest absolute Gasteiger partial charge is 0.461 e. The second-order valence-electron chi connectivity index (χ2n) is 5.96. The number of amides is 1. The van der Waals surface area contributed by atoms with Gasteiger partial charge in [-0.1, -0.05) is 27.5 Å². The molecule has 1 heterocycles. The lowest BCUT2D eigenvalue weighted by atomic mass is 9.79. The molecule has 0 aromatic heterocycles. The molecular weight excluding hydrogens is 358 g/mol. The molecule has 6 atom stereocenters. The lowest BCUT2D eigenvalue weighted by Crippen LogP contribution is -2.40. The summed E-state index contributed by atoms with van der Waals surface area (Å²) in [5, 5.41) is 3.51. The van der Waals surface area contributed by atoms with Crippen LogP contribution in [-0.2, 0) is 14.3 Å². The Bertz CT molecular complexity index is 620. The van der Waals surface area contributed by atoms with Crippen molar-refractivity contribution in [1.29, 1.82) is 0 Å². The van der Waals surface area contributed by atoms with Crippen molar-refractivity contribution in [1.82, 2.24) is 0 Å². The minimum Gasteiger partial charge on any atom is -0.461 e. The number of carbonyl (C=O) groups is 2. The van der Waals surface area contributed by atoms with Gasteiger partial charge in [0.25, 0.3) is 0 Å². The molecule has 2 saturated carbocycles. The van der Waals surface area contributed by atoms with Crippen LogP contribution in [0.3, 0.4) is 0 Å². The molecule has 4 nitrogen and oxygen atoms in total. The number of hydrogen-bond acceptors (Lipinski definition) is 3. The molecule has 4 rings (SSSR count).